The number of rotatable bonds is 3. The van der Waals surface area contributed by atoms with Crippen LogP contribution in [-0.4, -0.2) is 17.5 Å². The van der Waals surface area contributed by atoms with Crippen molar-refractivity contribution >= 4 is 11.8 Å². The van der Waals surface area contributed by atoms with Crippen LogP contribution in [0.4, 0.5) is 0 Å². The van der Waals surface area contributed by atoms with Gasteiger partial charge in [-0.05, 0) is 43.4 Å². The smallest absolute Gasteiger partial charge is 0.120 e. The fourth-order valence-electron chi connectivity index (χ4n) is 1.84. The summed E-state index contributed by atoms with van der Waals surface area (Å²) < 4.78 is 5.37. The van der Waals surface area contributed by atoms with E-state index in [2.05, 4.69) is 24.0 Å². The summed E-state index contributed by atoms with van der Waals surface area (Å²) in [7, 11) is 0. The zero-order chi connectivity index (χ0) is 9.80. The summed E-state index contributed by atoms with van der Waals surface area (Å²) in [5.74, 6) is 3.63. The lowest BCUT2D eigenvalue weighted by Crippen LogP contribution is -2.34. The molecular formula is C11H17NOS. The number of nitrogens with one attached hydrogen (secondary N) is 1. The van der Waals surface area contributed by atoms with Gasteiger partial charge in [0.1, 0.15) is 5.76 Å². The van der Waals surface area contributed by atoms with E-state index in [0.717, 1.165) is 5.76 Å². The average molecular weight is 211 g/mol. The third-order valence-electron chi connectivity index (χ3n) is 2.68. The summed E-state index contributed by atoms with van der Waals surface area (Å²) in [4.78, 5) is 0. The minimum atomic E-state index is 0.345. The Labute approximate surface area is 89.4 Å². The molecule has 1 aliphatic heterocycles. The minimum Gasteiger partial charge on any atom is -0.468 e. The van der Waals surface area contributed by atoms with Crippen LogP contribution in [0.3, 0.4) is 0 Å². The van der Waals surface area contributed by atoms with Crippen molar-refractivity contribution in [2.45, 2.75) is 31.8 Å². The van der Waals surface area contributed by atoms with Crippen molar-refractivity contribution in [2.75, 3.05) is 11.5 Å². The molecule has 0 bridgehead atoms. The Hall–Kier alpha value is -0.410. The Bertz CT molecular complexity index is 254. The number of furan rings is 1. The van der Waals surface area contributed by atoms with Crippen molar-refractivity contribution in [3.8, 4) is 0 Å². The van der Waals surface area contributed by atoms with Gasteiger partial charge in [0.2, 0.25) is 0 Å². The van der Waals surface area contributed by atoms with Crippen molar-refractivity contribution in [3.63, 3.8) is 0 Å². The van der Waals surface area contributed by atoms with Crippen molar-refractivity contribution < 1.29 is 4.42 Å². The summed E-state index contributed by atoms with van der Waals surface area (Å²) in [6, 6.07) is 5.01. The van der Waals surface area contributed by atoms with Crippen LogP contribution in [0.25, 0.3) is 0 Å². The molecule has 1 atom stereocenters. The third-order valence-corrected chi connectivity index (χ3v) is 3.73. The van der Waals surface area contributed by atoms with Crippen LogP contribution in [0.15, 0.2) is 22.8 Å². The van der Waals surface area contributed by atoms with Gasteiger partial charge in [0.15, 0.2) is 0 Å². The molecule has 1 saturated heterocycles. The van der Waals surface area contributed by atoms with E-state index in [4.69, 9.17) is 4.42 Å². The van der Waals surface area contributed by atoms with Crippen molar-refractivity contribution in [1.29, 1.82) is 0 Å². The molecule has 1 N–H and O–H groups in total. The zero-order valence-corrected chi connectivity index (χ0v) is 9.35. The first-order valence-corrected chi connectivity index (χ1v) is 6.39. The number of hydrogen-bond donors (Lipinski definition) is 1. The lowest BCUT2D eigenvalue weighted by Gasteiger charge is -2.25. The molecule has 0 amide bonds. The first kappa shape index (κ1) is 10.1. The molecule has 1 aromatic rings. The molecule has 2 rings (SSSR count). The normalized spacial score (nSPS) is 20.9. The summed E-state index contributed by atoms with van der Waals surface area (Å²) in [5.41, 5.74) is 0. The summed E-state index contributed by atoms with van der Waals surface area (Å²) in [5, 5.41) is 3.61. The van der Waals surface area contributed by atoms with Crippen LogP contribution >= 0.6 is 11.8 Å². The van der Waals surface area contributed by atoms with Gasteiger partial charge in [0.05, 0.1) is 12.3 Å². The highest BCUT2D eigenvalue weighted by atomic mass is 32.2. The van der Waals surface area contributed by atoms with Gasteiger partial charge >= 0.3 is 0 Å². The summed E-state index contributed by atoms with van der Waals surface area (Å²) in [6.07, 6.45) is 4.32. The minimum absolute atomic E-state index is 0.345. The summed E-state index contributed by atoms with van der Waals surface area (Å²) >= 11 is 2.06. The second-order valence-corrected chi connectivity index (χ2v) is 5.02. The molecule has 0 radical (unpaired) electrons. The molecule has 0 unspecified atom stereocenters. The topological polar surface area (TPSA) is 25.2 Å². The van der Waals surface area contributed by atoms with Gasteiger partial charge in [-0.3, -0.25) is 0 Å². The van der Waals surface area contributed by atoms with E-state index in [0.29, 0.717) is 12.1 Å². The van der Waals surface area contributed by atoms with Crippen molar-refractivity contribution in [3.05, 3.63) is 24.2 Å². The summed E-state index contributed by atoms with van der Waals surface area (Å²) in [6.45, 7) is 2.17. The van der Waals surface area contributed by atoms with Crippen LogP contribution < -0.4 is 5.32 Å². The first-order chi connectivity index (χ1) is 6.86. The number of hydrogen-bond acceptors (Lipinski definition) is 3. The molecule has 78 valence electrons. The van der Waals surface area contributed by atoms with Crippen LogP contribution in [0.5, 0.6) is 0 Å². The standard InChI is InChI=1S/C11H17NOS/c1-9(11-3-2-6-13-11)12-10-4-7-14-8-5-10/h2-3,6,9-10,12H,4-5,7-8H2,1H3/t9-/m1/s1. The molecule has 0 spiro atoms. The quantitative estimate of drug-likeness (QED) is 0.832. The van der Waals surface area contributed by atoms with Gasteiger partial charge in [-0.15, -0.1) is 0 Å². The van der Waals surface area contributed by atoms with E-state index < -0.39 is 0 Å². The molecular weight excluding hydrogens is 194 g/mol. The molecule has 14 heavy (non-hydrogen) atoms. The SMILES string of the molecule is C[C@@H](NC1CCSCC1)c1ccco1. The van der Waals surface area contributed by atoms with Gasteiger partial charge in [0.25, 0.3) is 0 Å². The van der Waals surface area contributed by atoms with Crippen LogP contribution in [0.2, 0.25) is 0 Å². The fourth-order valence-corrected chi connectivity index (χ4v) is 2.94. The lowest BCUT2D eigenvalue weighted by molar-refractivity contribution is 0.375. The van der Waals surface area contributed by atoms with Crippen LogP contribution in [-0.2, 0) is 0 Å². The van der Waals surface area contributed by atoms with Gasteiger partial charge in [0, 0.05) is 6.04 Å². The highest BCUT2D eigenvalue weighted by Crippen LogP contribution is 2.20. The Balaban J connectivity index is 1.84. The highest BCUT2D eigenvalue weighted by Gasteiger charge is 2.17. The zero-order valence-electron chi connectivity index (χ0n) is 8.53. The lowest BCUT2D eigenvalue weighted by atomic mass is 10.1. The van der Waals surface area contributed by atoms with E-state index in [1.54, 1.807) is 6.26 Å². The van der Waals surface area contributed by atoms with E-state index in [9.17, 15) is 0 Å². The molecule has 0 aromatic carbocycles. The Morgan fingerprint density at radius 1 is 1.50 bits per heavy atom. The second-order valence-electron chi connectivity index (χ2n) is 3.79. The predicted octanol–water partition coefficient (Wildman–Crippen LogP) is 2.83. The predicted molar refractivity (Wildman–Crippen MR) is 60.6 cm³/mol. The first-order valence-electron chi connectivity index (χ1n) is 5.23. The van der Waals surface area contributed by atoms with Crippen LogP contribution in [0.1, 0.15) is 31.6 Å². The fraction of sp³-hybridized carbons (Fsp3) is 0.636. The van der Waals surface area contributed by atoms with Gasteiger partial charge < -0.3 is 9.73 Å². The van der Waals surface area contributed by atoms with Gasteiger partial charge in [-0.1, -0.05) is 0 Å². The molecule has 1 aromatic heterocycles. The number of thioether (sulfide) groups is 1. The molecule has 0 saturated carbocycles. The van der Waals surface area contributed by atoms with E-state index in [1.807, 2.05) is 12.1 Å². The maximum Gasteiger partial charge on any atom is 0.120 e. The molecule has 1 aliphatic rings. The molecule has 3 heteroatoms. The van der Waals surface area contributed by atoms with E-state index >= 15 is 0 Å². The second kappa shape index (κ2) is 4.89. The van der Waals surface area contributed by atoms with Crippen LogP contribution in [0, 0.1) is 0 Å². The van der Waals surface area contributed by atoms with Crippen molar-refractivity contribution in [1.82, 2.24) is 5.32 Å². The maximum atomic E-state index is 5.37. The molecule has 2 nitrogen and oxygen atoms in total. The van der Waals surface area contributed by atoms with Crippen molar-refractivity contribution in [2.24, 2.45) is 0 Å². The Morgan fingerprint density at radius 2 is 2.29 bits per heavy atom. The van der Waals surface area contributed by atoms with Gasteiger partial charge in [-0.25, -0.2) is 0 Å². The average Bonchev–Trinajstić information content (AvgIpc) is 2.72. The molecule has 0 aliphatic carbocycles. The Morgan fingerprint density at radius 3 is 2.93 bits per heavy atom. The third kappa shape index (κ3) is 2.55. The largest absolute Gasteiger partial charge is 0.468 e. The monoisotopic (exact) mass is 211 g/mol. The van der Waals surface area contributed by atoms with Gasteiger partial charge in [-0.2, -0.15) is 11.8 Å². The molecule has 2 heterocycles. The Kier molecular flexibility index (Phi) is 3.54. The highest BCUT2D eigenvalue weighted by molar-refractivity contribution is 7.99. The molecule has 1 fully saturated rings. The van der Waals surface area contributed by atoms with E-state index in [-0.39, 0.29) is 0 Å². The van der Waals surface area contributed by atoms with E-state index in [1.165, 1.54) is 24.3 Å². The maximum absolute atomic E-state index is 5.37.